The van der Waals surface area contributed by atoms with Crippen LogP contribution < -0.4 is 5.32 Å². The minimum absolute atomic E-state index is 0.0489. The number of carbonyl (C=O) groups is 1. The number of hydrogen-bond donors (Lipinski definition) is 1. The van der Waals surface area contributed by atoms with E-state index in [0.29, 0.717) is 17.1 Å². The second-order valence-electron chi connectivity index (χ2n) is 5.82. The first-order chi connectivity index (χ1) is 10.5. The van der Waals surface area contributed by atoms with Crippen molar-refractivity contribution in [3.8, 4) is 5.69 Å². The highest BCUT2D eigenvalue weighted by Crippen LogP contribution is 2.35. The predicted molar refractivity (Wildman–Crippen MR) is 81.2 cm³/mol. The Morgan fingerprint density at radius 1 is 1.18 bits per heavy atom. The molecule has 0 radical (unpaired) electrons. The van der Waals surface area contributed by atoms with Gasteiger partial charge in [0.25, 0.3) is 0 Å². The third-order valence-electron chi connectivity index (χ3n) is 3.98. The summed E-state index contributed by atoms with van der Waals surface area (Å²) in [4.78, 5) is 12.1. The van der Waals surface area contributed by atoms with Crippen molar-refractivity contribution in [1.82, 2.24) is 9.78 Å². The summed E-state index contributed by atoms with van der Waals surface area (Å²) in [5, 5.41) is 7.30. The molecule has 2 aliphatic rings. The van der Waals surface area contributed by atoms with Gasteiger partial charge in [0.2, 0.25) is 5.91 Å². The van der Waals surface area contributed by atoms with Gasteiger partial charge in [-0.05, 0) is 25.0 Å². The number of nitrogens with zero attached hydrogens (tertiary/aromatic N) is 2. The van der Waals surface area contributed by atoms with Crippen molar-refractivity contribution in [3.63, 3.8) is 0 Å². The highest BCUT2D eigenvalue weighted by Gasteiger charge is 2.35. The first-order valence-corrected chi connectivity index (χ1v) is 9.03. The zero-order chi connectivity index (χ0) is 15.3. The van der Waals surface area contributed by atoms with Crippen molar-refractivity contribution in [3.05, 3.63) is 41.6 Å². The summed E-state index contributed by atoms with van der Waals surface area (Å²) in [6.45, 7) is 0. The normalized spacial score (nSPS) is 18.9. The maximum absolute atomic E-state index is 12.1. The number of carbonyl (C=O) groups excluding carboxylic acids is 1. The summed E-state index contributed by atoms with van der Waals surface area (Å²) < 4.78 is 25.3. The quantitative estimate of drug-likeness (QED) is 0.933. The van der Waals surface area contributed by atoms with Crippen LogP contribution in [0, 0.1) is 5.92 Å². The van der Waals surface area contributed by atoms with Crippen LogP contribution in [0.3, 0.4) is 0 Å². The topological polar surface area (TPSA) is 81.1 Å². The molecule has 2 heterocycles. The molecule has 1 aliphatic heterocycles. The molecule has 0 atom stereocenters. The number of amides is 1. The SMILES string of the molecule is O=C(Nc1c2c(nn1-c1ccccc1)CS(=O)(=O)C2)C1CC1. The number of rotatable bonds is 3. The lowest BCUT2D eigenvalue weighted by Gasteiger charge is -2.10. The van der Waals surface area contributed by atoms with Gasteiger partial charge in [0.1, 0.15) is 5.82 Å². The second kappa shape index (κ2) is 4.67. The molecule has 0 saturated heterocycles. The number of hydrogen-bond acceptors (Lipinski definition) is 4. The van der Waals surface area contributed by atoms with Gasteiger partial charge in [0, 0.05) is 11.5 Å². The average Bonchev–Trinajstić information content (AvgIpc) is 3.23. The second-order valence-corrected chi connectivity index (χ2v) is 7.88. The zero-order valence-electron chi connectivity index (χ0n) is 11.8. The molecule has 0 spiro atoms. The summed E-state index contributed by atoms with van der Waals surface area (Å²) in [5.74, 6) is 0.375. The highest BCUT2D eigenvalue weighted by atomic mass is 32.2. The van der Waals surface area contributed by atoms with E-state index < -0.39 is 9.84 Å². The molecule has 0 bridgehead atoms. The molecule has 6 nitrogen and oxygen atoms in total. The van der Waals surface area contributed by atoms with E-state index in [0.717, 1.165) is 18.5 Å². The number of benzene rings is 1. The Labute approximate surface area is 128 Å². The van der Waals surface area contributed by atoms with Crippen LogP contribution in [0.25, 0.3) is 5.69 Å². The van der Waals surface area contributed by atoms with E-state index in [9.17, 15) is 13.2 Å². The fourth-order valence-corrected chi connectivity index (χ4v) is 4.18. The fraction of sp³-hybridized carbons (Fsp3) is 0.333. The van der Waals surface area contributed by atoms with E-state index in [1.54, 1.807) is 4.68 Å². The smallest absolute Gasteiger partial charge is 0.228 e. The first kappa shape index (κ1) is 13.5. The fourth-order valence-electron chi connectivity index (χ4n) is 2.69. The Bertz CT molecular complexity index is 852. The Morgan fingerprint density at radius 3 is 2.59 bits per heavy atom. The molecule has 0 unspecified atom stereocenters. The standard InChI is InChI=1S/C15H15N3O3S/c19-15(10-6-7-10)16-14-12-8-22(20,21)9-13(12)17-18(14)11-4-2-1-3-5-11/h1-5,10H,6-9H2,(H,16,19). The number of sulfone groups is 1. The van der Waals surface area contributed by atoms with Crippen LogP contribution in [0.15, 0.2) is 30.3 Å². The maximum Gasteiger partial charge on any atom is 0.228 e. The number of anilines is 1. The third-order valence-corrected chi connectivity index (χ3v) is 5.42. The predicted octanol–water partition coefficient (Wildman–Crippen LogP) is 1.65. The Balaban J connectivity index is 1.80. The van der Waals surface area contributed by atoms with Gasteiger partial charge in [0.15, 0.2) is 9.84 Å². The Kier molecular flexibility index (Phi) is 2.87. The summed E-state index contributed by atoms with van der Waals surface area (Å²) in [6, 6.07) is 9.41. The molecule has 1 aromatic heterocycles. The molecule has 1 amide bonds. The summed E-state index contributed by atoms with van der Waals surface area (Å²) >= 11 is 0. The van der Waals surface area contributed by atoms with E-state index in [4.69, 9.17) is 0 Å². The van der Waals surface area contributed by atoms with Crippen LogP contribution >= 0.6 is 0 Å². The van der Waals surface area contributed by atoms with Crippen molar-refractivity contribution in [2.45, 2.75) is 24.3 Å². The lowest BCUT2D eigenvalue weighted by atomic mass is 10.2. The van der Waals surface area contributed by atoms with Crippen molar-refractivity contribution in [1.29, 1.82) is 0 Å². The van der Waals surface area contributed by atoms with Crippen molar-refractivity contribution in [2.75, 3.05) is 5.32 Å². The van der Waals surface area contributed by atoms with Gasteiger partial charge in [-0.25, -0.2) is 13.1 Å². The third kappa shape index (κ3) is 2.31. The molecule has 114 valence electrons. The number of fused-ring (bicyclic) bond motifs is 1. The van der Waals surface area contributed by atoms with Gasteiger partial charge in [-0.1, -0.05) is 18.2 Å². The molecule has 4 rings (SSSR count). The van der Waals surface area contributed by atoms with E-state index in [1.165, 1.54) is 0 Å². The van der Waals surface area contributed by atoms with Crippen molar-refractivity contribution in [2.24, 2.45) is 5.92 Å². The molecule has 1 saturated carbocycles. The van der Waals surface area contributed by atoms with E-state index in [-0.39, 0.29) is 23.3 Å². The molecule has 1 fully saturated rings. The van der Waals surface area contributed by atoms with Gasteiger partial charge in [0.05, 0.1) is 22.9 Å². The van der Waals surface area contributed by atoms with Crippen molar-refractivity contribution >= 4 is 21.6 Å². The van der Waals surface area contributed by atoms with Gasteiger partial charge in [-0.2, -0.15) is 5.10 Å². The zero-order valence-corrected chi connectivity index (χ0v) is 12.6. The summed E-state index contributed by atoms with van der Waals surface area (Å²) in [5.41, 5.74) is 1.97. The van der Waals surface area contributed by atoms with Gasteiger partial charge < -0.3 is 5.32 Å². The molecule has 7 heteroatoms. The number of aromatic nitrogens is 2. The van der Waals surface area contributed by atoms with Crippen molar-refractivity contribution < 1.29 is 13.2 Å². The Hall–Kier alpha value is -2.15. The molecule has 1 N–H and O–H groups in total. The number of para-hydroxylation sites is 1. The van der Waals surface area contributed by atoms with E-state index >= 15 is 0 Å². The van der Waals surface area contributed by atoms with E-state index in [1.807, 2.05) is 30.3 Å². The van der Waals surface area contributed by atoms with Crippen LogP contribution in [0.2, 0.25) is 0 Å². The van der Waals surface area contributed by atoms with Crippen LogP contribution in [0.5, 0.6) is 0 Å². The highest BCUT2D eigenvalue weighted by molar-refractivity contribution is 7.90. The minimum Gasteiger partial charge on any atom is -0.310 e. The van der Waals surface area contributed by atoms with Crippen LogP contribution in [-0.2, 0) is 26.1 Å². The first-order valence-electron chi connectivity index (χ1n) is 7.21. The minimum atomic E-state index is -3.15. The molecular weight excluding hydrogens is 302 g/mol. The maximum atomic E-state index is 12.1. The molecule has 22 heavy (non-hydrogen) atoms. The summed E-state index contributed by atoms with van der Waals surface area (Å²) in [6.07, 6.45) is 1.79. The van der Waals surface area contributed by atoms with Crippen LogP contribution in [-0.4, -0.2) is 24.1 Å². The van der Waals surface area contributed by atoms with Crippen LogP contribution in [0.1, 0.15) is 24.1 Å². The van der Waals surface area contributed by atoms with Crippen LogP contribution in [0.4, 0.5) is 5.82 Å². The van der Waals surface area contributed by atoms with Gasteiger partial charge in [-0.3, -0.25) is 4.79 Å². The Morgan fingerprint density at radius 2 is 1.91 bits per heavy atom. The lowest BCUT2D eigenvalue weighted by Crippen LogP contribution is -2.18. The number of nitrogens with one attached hydrogen (secondary N) is 1. The monoisotopic (exact) mass is 317 g/mol. The molecular formula is C15H15N3O3S. The largest absolute Gasteiger partial charge is 0.310 e. The van der Waals surface area contributed by atoms with Gasteiger partial charge >= 0.3 is 0 Å². The molecule has 1 aliphatic carbocycles. The van der Waals surface area contributed by atoms with E-state index in [2.05, 4.69) is 10.4 Å². The summed E-state index contributed by atoms with van der Waals surface area (Å²) in [7, 11) is -3.15. The average molecular weight is 317 g/mol. The molecule has 2 aromatic rings. The van der Waals surface area contributed by atoms with Gasteiger partial charge in [-0.15, -0.1) is 0 Å². The lowest BCUT2D eigenvalue weighted by molar-refractivity contribution is -0.117. The molecule has 1 aromatic carbocycles.